The molecular weight excluding hydrogens is 512 g/mol. The number of carbonyl (C=O) groups excluding carboxylic acids is 1. The van der Waals surface area contributed by atoms with Crippen molar-refractivity contribution in [1.82, 2.24) is 15.3 Å². The summed E-state index contributed by atoms with van der Waals surface area (Å²) >= 11 is 0. The average Bonchev–Trinajstić information content (AvgIpc) is 2.87. The summed E-state index contributed by atoms with van der Waals surface area (Å²) in [6.07, 6.45) is 8.42. The highest BCUT2D eigenvalue weighted by atomic mass is 32.2. The normalized spacial score (nSPS) is 27.9. The first-order chi connectivity index (χ1) is 18.5. The third-order valence-corrected chi connectivity index (χ3v) is 9.36. The van der Waals surface area contributed by atoms with Crippen molar-refractivity contribution in [3.05, 3.63) is 41.6 Å². The molecule has 4 aliphatic rings. The average molecular weight is 551 g/mol. The minimum absolute atomic E-state index is 0.123. The number of nitrogens with one attached hydrogen (secondary N) is 3. The lowest BCUT2D eigenvalue weighted by Gasteiger charge is -2.60. The van der Waals surface area contributed by atoms with Gasteiger partial charge in [0.05, 0.1) is 17.0 Å². The SMILES string of the molecule is CS(=O)c1ccccc1CNc1ncc(C#N)c(NCC23CC4C[C@H](C2)C(NC(=O)OC(C)(C)C)[C@@H](C4)C3)n1. The van der Waals surface area contributed by atoms with Gasteiger partial charge in [0.25, 0.3) is 0 Å². The molecule has 1 amide bonds. The maximum absolute atomic E-state index is 12.5. The van der Waals surface area contributed by atoms with Gasteiger partial charge in [-0.2, -0.15) is 10.2 Å². The Hall–Kier alpha value is -3.19. The van der Waals surface area contributed by atoms with Gasteiger partial charge in [-0.05, 0) is 87.7 Å². The van der Waals surface area contributed by atoms with Crippen LogP contribution in [0.1, 0.15) is 64.0 Å². The largest absolute Gasteiger partial charge is 0.444 e. The van der Waals surface area contributed by atoms with Gasteiger partial charge in [0.2, 0.25) is 5.95 Å². The first-order valence-electron chi connectivity index (χ1n) is 13.7. The van der Waals surface area contributed by atoms with Crippen LogP contribution < -0.4 is 16.0 Å². The molecule has 0 saturated heterocycles. The van der Waals surface area contributed by atoms with E-state index in [1.165, 1.54) is 0 Å². The molecule has 208 valence electrons. The molecule has 1 aromatic heterocycles. The van der Waals surface area contributed by atoms with Crippen molar-refractivity contribution in [1.29, 1.82) is 5.26 Å². The summed E-state index contributed by atoms with van der Waals surface area (Å²) in [5, 5.41) is 19.6. The number of amides is 1. The molecule has 9 nitrogen and oxygen atoms in total. The molecule has 1 heterocycles. The van der Waals surface area contributed by atoms with Gasteiger partial charge in [-0.1, -0.05) is 18.2 Å². The number of nitriles is 1. The smallest absolute Gasteiger partial charge is 0.407 e. The van der Waals surface area contributed by atoms with Crippen LogP contribution in [-0.4, -0.2) is 44.7 Å². The molecule has 0 spiro atoms. The standard InChI is InChI=1S/C29H38N6O3S/c1-28(2,3)38-27(36)34-24-20-9-18-10-21(24)13-29(11-18,12-20)17-33-25-22(14-30)16-32-26(35-25)31-15-19-7-5-6-8-23(19)39(4)37/h5-8,16,18,20-21,24H,9-13,15,17H2,1-4H3,(H,34,36)(H2,31,32,33,35)/t18?,20-,21+,24?,29?,39?. The van der Waals surface area contributed by atoms with Crippen LogP contribution in [0.15, 0.2) is 35.4 Å². The third kappa shape index (κ3) is 6.19. The Kier molecular flexibility index (Phi) is 7.55. The van der Waals surface area contributed by atoms with E-state index >= 15 is 0 Å². The second-order valence-electron chi connectivity index (χ2n) is 12.5. The number of alkyl carbamates (subject to hydrolysis) is 1. The molecule has 4 saturated carbocycles. The first-order valence-corrected chi connectivity index (χ1v) is 15.3. The van der Waals surface area contributed by atoms with Crippen molar-refractivity contribution in [2.75, 3.05) is 23.4 Å². The fraction of sp³-hybridized carbons (Fsp3) is 0.586. The van der Waals surface area contributed by atoms with Crippen LogP contribution in [0.3, 0.4) is 0 Å². The quantitative estimate of drug-likeness (QED) is 0.426. The molecular formula is C29H38N6O3S. The molecule has 3 N–H and O–H groups in total. The predicted molar refractivity (Wildman–Crippen MR) is 150 cm³/mol. The minimum Gasteiger partial charge on any atom is -0.444 e. The number of nitrogens with zero attached hydrogens (tertiary/aromatic N) is 3. The third-order valence-electron chi connectivity index (χ3n) is 8.34. The van der Waals surface area contributed by atoms with Gasteiger partial charge >= 0.3 is 6.09 Å². The zero-order chi connectivity index (χ0) is 27.8. The maximum atomic E-state index is 12.5. The topological polar surface area (TPSA) is 129 Å². The Morgan fingerprint density at radius 1 is 1.18 bits per heavy atom. The van der Waals surface area contributed by atoms with Crippen LogP contribution in [0.4, 0.5) is 16.6 Å². The van der Waals surface area contributed by atoms with Gasteiger partial charge in [0.15, 0.2) is 0 Å². The van der Waals surface area contributed by atoms with E-state index in [1.54, 1.807) is 12.5 Å². The van der Waals surface area contributed by atoms with E-state index < -0.39 is 16.4 Å². The summed E-state index contributed by atoms with van der Waals surface area (Å²) < 4.78 is 17.6. The maximum Gasteiger partial charge on any atom is 0.407 e. The monoisotopic (exact) mass is 550 g/mol. The Morgan fingerprint density at radius 3 is 2.56 bits per heavy atom. The van der Waals surface area contributed by atoms with Crippen molar-refractivity contribution >= 4 is 28.7 Å². The zero-order valence-electron chi connectivity index (χ0n) is 23.1. The molecule has 1 aromatic carbocycles. The van der Waals surface area contributed by atoms with E-state index in [0.29, 0.717) is 41.6 Å². The van der Waals surface area contributed by atoms with E-state index in [1.807, 2.05) is 45.0 Å². The molecule has 0 aliphatic heterocycles. The molecule has 4 fully saturated rings. The lowest BCUT2D eigenvalue weighted by molar-refractivity contribution is -0.0703. The molecule has 39 heavy (non-hydrogen) atoms. The molecule has 0 radical (unpaired) electrons. The number of hydrogen-bond acceptors (Lipinski definition) is 8. The molecule has 6 rings (SSSR count). The van der Waals surface area contributed by atoms with Crippen LogP contribution in [0.5, 0.6) is 0 Å². The van der Waals surface area contributed by atoms with Gasteiger partial charge in [0, 0.05) is 30.3 Å². The number of benzene rings is 1. The Labute approximate surface area is 233 Å². The van der Waals surface area contributed by atoms with Crippen LogP contribution in [0.2, 0.25) is 0 Å². The summed E-state index contributed by atoms with van der Waals surface area (Å²) in [6, 6.07) is 9.96. The molecule has 6 atom stereocenters. The Bertz CT molecular complexity index is 1290. The van der Waals surface area contributed by atoms with Crippen molar-refractivity contribution < 1.29 is 13.7 Å². The molecule has 4 aliphatic carbocycles. The molecule has 4 bridgehead atoms. The van der Waals surface area contributed by atoms with Crippen molar-refractivity contribution in [3.63, 3.8) is 0 Å². The van der Waals surface area contributed by atoms with E-state index in [2.05, 4.69) is 32.0 Å². The summed E-state index contributed by atoms with van der Waals surface area (Å²) in [7, 11) is -1.09. The predicted octanol–water partition coefficient (Wildman–Crippen LogP) is 4.83. The minimum atomic E-state index is -1.09. The highest BCUT2D eigenvalue weighted by Crippen LogP contribution is 2.60. The van der Waals surface area contributed by atoms with Crippen LogP contribution in [0, 0.1) is 34.5 Å². The highest BCUT2D eigenvalue weighted by Gasteiger charge is 2.55. The van der Waals surface area contributed by atoms with Gasteiger partial charge in [-0.25, -0.2) is 9.78 Å². The summed E-state index contributed by atoms with van der Waals surface area (Å²) in [4.78, 5) is 22.3. The number of aromatic nitrogens is 2. The fourth-order valence-corrected chi connectivity index (χ4v) is 7.93. The van der Waals surface area contributed by atoms with E-state index in [0.717, 1.165) is 49.1 Å². The van der Waals surface area contributed by atoms with Gasteiger partial charge in [-0.15, -0.1) is 0 Å². The van der Waals surface area contributed by atoms with Crippen LogP contribution in [-0.2, 0) is 22.1 Å². The van der Waals surface area contributed by atoms with E-state index in [9.17, 15) is 14.3 Å². The lowest BCUT2D eigenvalue weighted by Crippen LogP contribution is -2.60. The fourth-order valence-electron chi connectivity index (χ4n) is 7.15. The zero-order valence-corrected chi connectivity index (χ0v) is 23.9. The van der Waals surface area contributed by atoms with Gasteiger partial charge in [-0.3, -0.25) is 4.21 Å². The first kappa shape index (κ1) is 27.4. The molecule has 10 heteroatoms. The summed E-state index contributed by atoms with van der Waals surface area (Å²) in [5.41, 5.74) is 0.940. The Balaban J connectivity index is 1.25. The number of carbonyl (C=O) groups is 1. The van der Waals surface area contributed by atoms with Crippen molar-refractivity contribution in [2.24, 2.45) is 23.2 Å². The van der Waals surface area contributed by atoms with Crippen molar-refractivity contribution in [3.8, 4) is 6.07 Å². The number of hydrogen-bond donors (Lipinski definition) is 3. The van der Waals surface area contributed by atoms with Crippen LogP contribution >= 0.6 is 0 Å². The number of anilines is 2. The van der Waals surface area contributed by atoms with Gasteiger partial charge < -0.3 is 20.7 Å². The van der Waals surface area contributed by atoms with Crippen molar-refractivity contribution in [2.45, 2.75) is 76.0 Å². The molecule has 2 aromatic rings. The second-order valence-corrected chi connectivity index (χ2v) is 13.8. The number of rotatable bonds is 8. The highest BCUT2D eigenvalue weighted by molar-refractivity contribution is 7.84. The van der Waals surface area contributed by atoms with Crippen LogP contribution in [0.25, 0.3) is 0 Å². The van der Waals surface area contributed by atoms with E-state index in [-0.39, 0.29) is 17.6 Å². The molecule has 4 unspecified atom stereocenters. The van der Waals surface area contributed by atoms with E-state index in [4.69, 9.17) is 4.74 Å². The Morgan fingerprint density at radius 2 is 1.90 bits per heavy atom. The second kappa shape index (κ2) is 10.8. The summed E-state index contributed by atoms with van der Waals surface area (Å²) in [5.74, 6) is 2.49. The lowest BCUT2D eigenvalue weighted by atomic mass is 9.48. The van der Waals surface area contributed by atoms with Gasteiger partial charge in [0.1, 0.15) is 23.1 Å². The number of ether oxygens (including phenoxy) is 1. The summed E-state index contributed by atoms with van der Waals surface area (Å²) in [6.45, 7) is 6.83.